The van der Waals surface area contributed by atoms with Gasteiger partial charge in [0.15, 0.2) is 6.10 Å². The number of hydrogen-bond donors (Lipinski definition) is 0. The van der Waals surface area contributed by atoms with Gasteiger partial charge in [-0.3, -0.25) is 9.59 Å². The Balaban J connectivity index is 1.64. The molecule has 2 unspecified atom stereocenters. The monoisotopic (exact) mass is 406 g/mol. The molecule has 2 aromatic carbocycles. The molecule has 0 spiro atoms. The van der Waals surface area contributed by atoms with Crippen molar-refractivity contribution in [3.8, 4) is 5.75 Å². The first-order chi connectivity index (χ1) is 14.6. The zero-order valence-corrected chi connectivity index (χ0v) is 17.8. The highest BCUT2D eigenvalue weighted by molar-refractivity contribution is 5.81. The molecule has 30 heavy (non-hydrogen) atoms. The molecular weight excluding hydrogens is 376 g/mol. The van der Waals surface area contributed by atoms with Gasteiger partial charge in [0.1, 0.15) is 5.75 Å². The van der Waals surface area contributed by atoms with Gasteiger partial charge in [0.25, 0.3) is 5.91 Å². The zero-order valence-electron chi connectivity index (χ0n) is 17.8. The Kier molecular flexibility index (Phi) is 6.07. The van der Waals surface area contributed by atoms with Gasteiger partial charge in [0.2, 0.25) is 5.91 Å². The second-order valence-electron chi connectivity index (χ2n) is 8.18. The molecule has 2 aliphatic rings. The number of ether oxygens (including phenoxy) is 1. The summed E-state index contributed by atoms with van der Waals surface area (Å²) >= 11 is 0. The van der Waals surface area contributed by atoms with Gasteiger partial charge in [-0.1, -0.05) is 43.3 Å². The topological polar surface area (TPSA) is 49.9 Å². The van der Waals surface area contributed by atoms with Gasteiger partial charge < -0.3 is 14.5 Å². The maximum atomic E-state index is 12.8. The summed E-state index contributed by atoms with van der Waals surface area (Å²) < 4.78 is 6.19. The van der Waals surface area contributed by atoms with Gasteiger partial charge in [0.05, 0.1) is 6.04 Å². The van der Waals surface area contributed by atoms with E-state index in [1.54, 1.807) is 6.92 Å². The van der Waals surface area contributed by atoms with Crippen molar-refractivity contribution in [2.45, 2.75) is 51.7 Å². The van der Waals surface area contributed by atoms with Crippen LogP contribution in [0.3, 0.4) is 0 Å². The molecular formula is C25H30N2O3. The molecule has 5 heteroatoms. The van der Waals surface area contributed by atoms with Crippen molar-refractivity contribution in [1.29, 1.82) is 0 Å². The van der Waals surface area contributed by atoms with Crippen LogP contribution in [0.2, 0.25) is 0 Å². The summed E-state index contributed by atoms with van der Waals surface area (Å²) in [6.07, 6.45) is 3.13. The smallest absolute Gasteiger partial charge is 0.263 e. The summed E-state index contributed by atoms with van der Waals surface area (Å²) in [5.74, 6) is 0.841. The summed E-state index contributed by atoms with van der Waals surface area (Å²) in [5.41, 5.74) is 3.40. The molecule has 2 aliphatic heterocycles. The molecule has 4 rings (SSSR count). The van der Waals surface area contributed by atoms with Crippen molar-refractivity contribution in [3.05, 3.63) is 65.2 Å². The highest BCUT2D eigenvalue weighted by atomic mass is 16.5. The van der Waals surface area contributed by atoms with E-state index in [0.717, 1.165) is 43.5 Å². The van der Waals surface area contributed by atoms with Gasteiger partial charge >= 0.3 is 0 Å². The Labute approximate surface area is 178 Å². The third-order valence-corrected chi connectivity index (χ3v) is 6.21. The molecule has 0 bridgehead atoms. The number of carbonyl (C=O) groups is 2. The van der Waals surface area contributed by atoms with Crippen LogP contribution in [-0.2, 0) is 16.0 Å². The van der Waals surface area contributed by atoms with E-state index in [2.05, 4.69) is 18.2 Å². The number of fused-ring (bicyclic) bond motifs is 1. The fraction of sp³-hybridized carbons (Fsp3) is 0.440. The minimum atomic E-state index is -0.469. The third-order valence-electron chi connectivity index (χ3n) is 6.21. The van der Waals surface area contributed by atoms with E-state index in [0.29, 0.717) is 18.7 Å². The van der Waals surface area contributed by atoms with Crippen molar-refractivity contribution in [2.75, 3.05) is 19.6 Å². The summed E-state index contributed by atoms with van der Waals surface area (Å²) in [4.78, 5) is 29.1. The van der Waals surface area contributed by atoms with E-state index < -0.39 is 6.10 Å². The van der Waals surface area contributed by atoms with Crippen molar-refractivity contribution in [2.24, 2.45) is 0 Å². The first-order valence-electron chi connectivity index (χ1n) is 11.0. The SMILES string of the molecule is CCC(Oc1ccc2c(c1)C(c1ccccc1)N(C(C)=O)CC2)C(=O)N1CCCC1. The number of rotatable bonds is 5. The van der Waals surface area contributed by atoms with Crippen LogP contribution in [0.5, 0.6) is 5.75 Å². The second kappa shape index (κ2) is 8.90. The lowest BCUT2D eigenvalue weighted by atomic mass is 9.88. The molecule has 0 saturated carbocycles. The highest BCUT2D eigenvalue weighted by Gasteiger charge is 2.32. The molecule has 0 radical (unpaired) electrons. The van der Waals surface area contributed by atoms with Crippen molar-refractivity contribution in [3.63, 3.8) is 0 Å². The number of hydrogen-bond acceptors (Lipinski definition) is 3. The lowest BCUT2D eigenvalue weighted by molar-refractivity contribution is -0.137. The lowest BCUT2D eigenvalue weighted by Gasteiger charge is -2.37. The Hall–Kier alpha value is -2.82. The van der Waals surface area contributed by atoms with E-state index in [9.17, 15) is 9.59 Å². The number of amides is 2. The molecule has 2 heterocycles. The standard InChI is InChI=1S/C25H30N2O3/c1-3-23(25(29)26-14-7-8-15-26)30-21-12-11-19-13-16-27(18(2)28)24(22(19)17-21)20-9-5-4-6-10-20/h4-6,9-12,17,23-24H,3,7-8,13-16H2,1-2H3. The van der Waals surface area contributed by atoms with Crippen LogP contribution in [0.4, 0.5) is 0 Å². The van der Waals surface area contributed by atoms with Crippen LogP contribution in [0.25, 0.3) is 0 Å². The Morgan fingerprint density at radius 2 is 1.80 bits per heavy atom. The highest BCUT2D eigenvalue weighted by Crippen LogP contribution is 2.37. The average Bonchev–Trinajstić information content (AvgIpc) is 3.31. The van der Waals surface area contributed by atoms with Gasteiger partial charge in [-0.25, -0.2) is 0 Å². The predicted octanol–water partition coefficient (Wildman–Crippen LogP) is 3.96. The van der Waals surface area contributed by atoms with Gasteiger partial charge in [-0.05, 0) is 54.5 Å². The minimum Gasteiger partial charge on any atom is -0.481 e. The predicted molar refractivity (Wildman–Crippen MR) is 116 cm³/mol. The molecule has 0 N–H and O–H groups in total. The molecule has 0 aromatic heterocycles. The van der Waals surface area contributed by atoms with Crippen LogP contribution in [0.15, 0.2) is 48.5 Å². The number of benzene rings is 2. The maximum absolute atomic E-state index is 12.8. The van der Waals surface area contributed by atoms with E-state index in [-0.39, 0.29) is 17.9 Å². The second-order valence-corrected chi connectivity index (χ2v) is 8.18. The van der Waals surface area contributed by atoms with Crippen molar-refractivity contribution < 1.29 is 14.3 Å². The molecule has 1 fully saturated rings. The van der Waals surface area contributed by atoms with E-state index >= 15 is 0 Å². The lowest BCUT2D eigenvalue weighted by Crippen LogP contribution is -2.40. The molecule has 1 saturated heterocycles. The van der Waals surface area contributed by atoms with Crippen LogP contribution in [-0.4, -0.2) is 47.4 Å². The van der Waals surface area contributed by atoms with E-state index in [4.69, 9.17) is 4.74 Å². The maximum Gasteiger partial charge on any atom is 0.263 e. The summed E-state index contributed by atoms with van der Waals surface area (Å²) in [5, 5.41) is 0. The van der Waals surface area contributed by atoms with Crippen molar-refractivity contribution >= 4 is 11.8 Å². The van der Waals surface area contributed by atoms with Gasteiger partial charge in [-0.2, -0.15) is 0 Å². The largest absolute Gasteiger partial charge is 0.481 e. The van der Waals surface area contributed by atoms with Crippen LogP contribution >= 0.6 is 0 Å². The van der Waals surface area contributed by atoms with E-state index in [1.165, 1.54) is 5.56 Å². The molecule has 2 amide bonds. The number of carbonyl (C=O) groups excluding carboxylic acids is 2. The van der Waals surface area contributed by atoms with E-state index in [1.807, 2.05) is 47.1 Å². The van der Waals surface area contributed by atoms with Crippen LogP contribution in [0, 0.1) is 0 Å². The molecule has 5 nitrogen and oxygen atoms in total. The summed E-state index contributed by atoms with van der Waals surface area (Å²) in [7, 11) is 0. The quantitative estimate of drug-likeness (QED) is 0.755. The third kappa shape index (κ3) is 4.07. The molecule has 158 valence electrons. The number of nitrogens with zero attached hydrogens (tertiary/aromatic N) is 2. The Morgan fingerprint density at radius 3 is 2.47 bits per heavy atom. The Bertz CT molecular complexity index is 906. The molecule has 2 atom stereocenters. The van der Waals surface area contributed by atoms with Gasteiger partial charge in [0, 0.05) is 26.6 Å². The number of likely N-dealkylation sites (tertiary alicyclic amines) is 1. The first-order valence-corrected chi connectivity index (χ1v) is 11.0. The molecule has 0 aliphatic carbocycles. The minimum absolute atomic E-state index is 0.0662. The first kappa shape index (κ1) is 20.5. The fourth-order valence-corrected chi connectivity index (χ4v) is 4.61. The fourth-order valence-electron chi connectivity index (χ4n) is 4.61. The van der Waals surface area contributed by atoms with Crippen LogP contribution < -0.4 is 4.74 Å². The van der Waals surface area contributed by atoms with Gasteiger partial charge in [-0.15, -0.1) is 0 Å². The van der Waals surface area contributed by atoms with Crippen LogP contribution in [0.1, 0.15) is 55.8 Å². The summed E-state index contributed by atoms with van der Waals surface area (Å²) in [6, 6.07) is 16.1. The zero-order chi connectivity index (χ0) is 21.1. The summed E-state index contributed by atoms with van der Waals surface area (Å²) in [6.45, 7) is 5.97. The average molecular weight is 407 g/mol. The molecule has 2 aromatic rings. The normalized spacial score (nSPS) is 19.3. The van der Waals surface area contributed by atoms with Crippen molar-refractivity contribution in [1.82, 2.24) is 9.80 Å². The Morgan fingerprint density at radius 1 is 1.07 bits per heavy atom.